The molecule has 7 heteroatoms. The van der Waals surface area contributed by atoms with Crippen LogP contribution in [-0.2, 0) is 4.74 Å². The third-order valence-corrected chi connectivity index (χ3v) is 3.49. The van der Waals surface area contributed by atoms with E-state index in [0.29, 0.717) is 29.2 Å². The van der Waals surface area contributed by atoms with Gasteiger partial charge in [0.1, 0.15) is 12.4 Å². The second-order valence-corrected chi connectivity index (χ2v) is 5.48. The van der Waals surface area contributed by atoms with Crippen molar-refractivity contribution in [2.45, 2.75) is 0 Å². The highest BCUT2D eigenvalue weighted by atomic mass is 32.1. The number of carbonyl (C=O) groups excluding carboxylic acids is 2. The van der Waals surface area contributed by atoms with E-state index in [1.54, 1.807) is 18.2 Å². The van der Waals surface area contributed by atoms with Crippen LogP contribution in [0.25, 0.3) is 0 Å². The predicted molar refractivity (Wildman–Crippen MR) is 104 cm³/mol. The number of esters is 1. The highest BCUT2D eigenvalue weighted by molar-refractivity contribution is 7.80. The zero-order chi connectivity index (χ0) is 18.9. The Kier molecular flexibility index (Phi) is 6.87. The van der Waals surface area contributed by atoms with E-state index in [4.69, 9.17) is 17.0 Å². The molecule has 2 aromatic rings. The number of ether oxygens (including phenoxy) is 2. The van der Waals surface area contributed by atoms with Gasteiger partial charge in [-0.05, 0) is 48.6 Å². The van der Waals surface area contributed by atoms with E-state index in [2.05, 4.69) is 21.9 Å². The van der Waals surface area contributed by atoms with E-state index < -0.39 is 11.9 Å². The van der Waals surface area contributed by atoms with Gasteiger partial charge in [-0.1, -0.05) is 24.8 Å². The Bertz CT molecular complexity index is 819. The Morgan fingerprint density at radius 1 is 1.12 bits per heavy atom. The highest BCUT2D eigenvalue weighted by Gasteiger charge is 2.11. The summed E-state index contributed by atoms with van der Waals surface area (Å²) in [4.78, 5) is 23.7. The zero-order valence-corrected chi connectivity index (χ0v) is 15.0. The molecule has 2 aromatic carbocycles. The summed E-state index contributed by atoms with van der Waals surface area (Å²) in [6, 6.07) is 13.3. The van der Waals surface area contributed by atoms with Crippen LogP contribution < -0.4 is 15.4 Å². The van der Waals surface area contributed by atoms with Crippen LogP contribution in [0.5, 0.6) is 5.75 Å². The number of thiocarbonyl (C=S) groups is 1. The van der Waals surface area contributed by atoms with Crippen molar-refractivity contribution in [2.24, 2.45) is 0 Å². The Morgan fingerprint density at radius 3 is 2.42 bits per heavy atom. The van der Waals surface area contributed by atoms with Crippen molar-refractivity contribution in [3.8, 4) is 5.75 Å². The molecule has 0 aliphatic carbocycles. The lowest BCUT2D eigenvalue weighted by Crippen LogP contribution is -2.34. The number of anilines is 1. The van der Waals surface area contributed by atoms with E-state index >= 15 is 0 Å². The van der Waals surface area contributed by atoms with Crippen LogP contribution in [0, 0.1) is 0 Å². The van der Waals surface area contributed by atoms with Crippen molar-refractivity contribution in [2.75, 3.05) is 19.0 Å². The number of carbonyl (C=O) groups is 2. The SMILES string of the molecule is C=CCOc1ccccc1NC(=S)NC(=O)c1ccc(C(=O)OC)cc1. The molecule has 0 aliphatic rings. The molecule has 2 N–H and O–H groups in total. The van der Waals surface area contributed by atoms with Gasteiger partial charge in [0.15, 0.2) is 5.11 Å². The lowest BCUT2D eigenvalue weighted by molar-refractivity contribution is 0.0600. The standard InChI is InChI=1S/C19H18N2O4S/c1-3-12-25-16-7-5-4-6-15(16)20-19(26)21-17(22)13-8-10-14(11-9-13)18(23)24-2/h3-11H,1,12H2,2H3,(H2,20,21,22,26). The number of hydrogen-bond acceptors (Lipinski definition) is 5. The first kappa shape index (κ1) is 19.1. The number of para-hydroxylation sites is 2. The number of rotatable bonds is 6. The molecule has 2 rings (SSSR count). The lowest BCUT2D eigenvalue weighted by atomic mass is 10.1. The van der Waals surface area contributed by atoms with Gasteiger partial charge in [0, 0.05) is 5.56 Å². The number of hydrogen-bond donors (Lipinski definition) is 2. The molecule has 0 spiro atoms. The van der Waals surface area contributed by atoms with E-state index in [0.717, 1.165) is 0 Å². The average molecular weight is 370 g/mol. The Labute approximate surface area is 156 Å². The van der Waals surface area contributed by atoms with Crippen LogP contribution in [-0.4, -0.2) is 30.7 Å². The summed E-state index contributed by atoms with van der Waals surface area (Å²) in [6.07, 6.45) is 1.63. The molecule has 0 unspecified atom stereocenters. The Hall–Kier alpha value is -3.19. The topological polar surface area (TPSA) is 76.7 Å². The largest absolute Gasteiger partial charge is 0.487 e. The third-order valence-electron chi connectivity index (χ3n) is 3.29. The van der Waals surface area contributed by atoms with Crippen molar-refractivity contribution >= 4 is 34.9 Å². The second kappa shape index (κ2) is 9.33. The highest BCUT2D eigenvalue weighted by Crippen LogP contribution is 2.23. The zero-order valence-electron chi connectivity index (χ0n) is 14.2. The smallest absolute Gasteiger partial charge is 0.337 e. The monoisotopic (exact) mass is 370 g/mol. The normalized spacial score (nSPS) is 9.73. The van der Waals surface area contributed by atoms with Crippen LogP contribution in [0.2, 0.25) is 0 Å². The maximum absolute atomic E-state index is 12.3. The predicted octanol–water partition coefficient (Wildman–Crippen LogP) is 3.16. The van der Waals surface area contributed by atoms with Gasteiger partial charge in [-0.25, -0.2) is 4.79 Å². The quantitative estimate of drug-likeness (QED) is 0.462. The maximum atomic E-state index is 12.3. The van der Waals surface area contributed by atoms with Gasteiger partial charge in [-0.15, -0.1) is 0 Å². The molecule has 134 valence electrons. The van der Waals surface area contributed by atoms with Crippen molar-refractivity contribution < 1.29 is 19.1 Å². The molecule has 0 bridgehead atoms. The van der Waals surface area contributed by atoms with Gasteiger partial charge in [0.25, 0.3) is 5.91 Å². The molecule has 0 fully saturated rings. The molecule has 1 amide bonds. The molecule has 6 nitrogen and oxygen atoms in total. The molecule has 0 atom stereocenters. The first-order chi connectivity index (χ1) is 12.5. The molecule has 0 saturated heterocycles. The van der Waals surface area contributed by atoms with Crippen molar-refractivity contribution in [3.63, 3.8) is 0 Å². The number of nitrogens with one attached hydrogen (secondary N) is 2. The van der Waals surface area contributed by atoms with Gasteiger partial charge in [-0.2, -0.15) is 0 Å². The number of methoxy groups -OCH3 is 1. The maximum Gasteiger partial charge on any atom is 0.337 e. The molecule has 0 heterocycles. The summed E-state index contributed by atoms with van der Waals surface area (Å²) < 4.78 is 10.1. The minimum Gasteiger partial charge on any atom is -0.487 e. The summed E-state index contributed by atoms with van der Waals surface area (Å²) in [5, 5.41) is 5.63. The van der Waals surface area contributed by atoms with Crippen LogP contribution in [0.3, 0.4) is 0 Å². The summed E-state index contributed by atoms with van der Waals surface area (Å²) >= 11 is 5.18. The van der Waals surface area contributed by atoms with E-state index in [1.165, 1.54) is 31.4 Å². The molecule has 0 saturated carbocycles. The van der Waals surface area contributed by atoms with Gasteiger partial charge in [0.2, 0.25) is 0 Å². The molecule has 0 aliphatic heterocycles. The van der Waals surface area contributed by atoms with Gasteiger partial charge < -0.3 is 14.8 Å². The third kappa shape index (κ3) is 5.15. The second-order valence-electron chi connectivity index (χ2n) is 5.07. The fourth-order valence-electron chi connectivity index (χ4n) is 2.05. The van der Waals surface area contributed by atoms with Crippen LogP contribution in [0.1, 0.15) is 20.7 Å². The van der Waals surface area contributed by atoms with Gasteiger partial charge in [-0.3, -0.25) is 10.1 Å². The lowest BCUT2D eigenvalue weighted by Gasteiger charge is -2.13. The average Bonchev–Trinajstić information content (AvgIpc) is 2.66. The molecular formula is C19H18N2O4S. The molecule has 26 heavy (non-hydrogen) atoms. The van der Waals surface area contributed by atoms with Crippen molar-refractivity contribution in [1.82, 2.24) is 5.32 Å². The van der Waals surface area contributed by atoms with Crippen LogP contribution in [0.4, 0.5) is 5.69 Å². The fourth-order valence-corrected chi connectivity index (χ4v) is 2.25. The minimum atomic E-state index is -0.467. The van der Waals surface area contributed by atoms with Crippen molar-refractivity contribution in [1.29, 1.82) is 0 Å². The van der Waals surface area contributed by atoms with Gasteiger partial charge >= 0.3 is 5.97 Å². The Morgan fingerprint density at radius 2 is 1.77 bits per heavy atom. The first-order valence-electron chi connectivity index (χ1n) is 7.68. The number of amides is 1. The summed E-state index contributed by atoms with van der Waals surface area (Å²) in [5.41, 5.74) is 1.34. The van der Waals surface area contributed by atoms with Crippen LogP contribution in [0.15, 0.2) is 61.2 Å². The Balaban J connectivity index is 2.00. The van der Waals surface area contributed by atoms with Crippen molar-refractivity contribution in [3.05, 3.63) is 72.3 Å². The molecule has 0 aromatic heterocycles. The summed E-state index contributed by atoms with van der Waals surface area (Å²) in [5.74, 6) is -0.278. The van der Waals surface area contributed by atoms with Gasteiger partial charge in [0.05, 0.1) is 18.4 Å². The first-order valence-corrected chi connectivity index (χ1v) is 8.09. The summed E-state index contributed by atoms with van der Waals surface area (Å²) in [7, 11) is 1.30. The van der Waals surface area contributed by atoms with E-state index in [-0.39, 0.29) is 5.11 Å². The van der Waals surface area contributed by atoms with E-state index in [9.17, 15) is 9.59 Å². The number of benzene rings is 2. The van der Waals surface area contributed by atoms with E-state index in [1.807, 2.05) is 12.1 Å². The minimum absolute atomic E-state index is 0.127. The molecule has 0 radical (unpaired) electrons. The fraction of sp³-hybridized carbons (Fsp3) is 0.105. The van der Waals surface area contributed by atoms with Crippen LogP contribution >= 0.6 is 12.2 Å². The molecular weight excluding hydrogens is 352 g/mol. The summed E-state index contributed by atoms with van der Waals surface area (Å²) in [6.45, 7) is 3.96.